The minimum absolute atomic E-state index is 0.00892. The Hall–Kier alpha value is -2.63. The summed E-state index contributed by atoms with van der Waals surface area (Å²) in [6.45, 7) is 0. The molecule has 0 aliphatic heterocycles. The number of hydrogen-bond donors (Lipinski definition) is 0. The molecule has 0 N–H and O–H groups in total. The molecule has 6 heteroatoms. The van der Waals surface area contributed by atoms with Crippen LogP contribution in [0.15, 0.2) is 42.7 Å². The Bertz CT molecular complexity index is 629. The molecular weight excluding hydrogens is 251 g/mol. The van der Waals surface area contributed by atoms with Gasteiger partial charge in [0.25, 0.3) is 5.69 Å². The Labute approximate surface area is 107 Å². The van der Waals surface area contributed by atoms with E-state index in [9.17, 15) is 19.3 Å². The third-order valence-electron chi connectivity index (χ3n) is 2.57. The van der Waals surface area contributed by atoms with E-state index < -0.39 is 22.2 Å². The molecular formula is C13H9FN2O3. The van der Waals surface area contributed by atoms with Gasteiger partial charge in [0, 0.05) is 18.8 Å². The van der Waals surface area contributed by atoms with Crippen molar-refractivity contribution in [2.45, 2.75) is 6.42 Å². The van der Waals surface area contributed by atoms with Crippen LogP contribution in [0.1, 0.15) is 15.9 Å². The van der Waals surface area contributed by atoms with Crippen LogP contribution < -0.4 is 0 Å². The molecule has 0 radical (unpaired) electrons. The number of nitro groups is 1. The number of hydrogen-bond acceptors (Lipinski definition) is 4. The normalized spacial score (nSPS) is 10.2. The molecule has 0 aliphatic rings. The third-order valence-corrected chi connectivity index (χ3v) is 2.57. The van der Waals surface area contributed by atoms with Crippen LogP contribution in [-0.4, -0.2) is 15.7 Å². The van der Waals surface area contributed by atoms with Crippen LogP contribution in [0.4, 0.5) is 10.1 Å². The highest BCUT2D eigenvalue weighted by molar-refractivity contribution is 6.01. The fourth-order valence-electron chi connectivity index (χ4n) is 1.67. The van der Waals surface area contributed by atoms with Gasteiger partial charge in [-0.25, -0.2) is 4.39 Å². The number of rotatable bonds is 4. The van der Waals surface area contributed by atoms with E-state index in [1.165, 1.54) is 12.4 Å². The zero-order chi connectivity index (χ0) is 13.8. The summed E-state index contributed by atoms with van der Waals surface area (Å²) in [4.78, 5) is 25.9. The standard InChI is InChI=1S/C13H9FN2O3/c14-10-1-2-11(12(8-10)16(18)19)13(17)7-9-3-5-15-6-4-9/h1-6,8H,7H2. The van der Waals surface area contributed by atoms with Gasteiger partial charge in [0.1, 0.15) is 5.82 Å². The molecule has 0 saturated heterocycles. The molecule has 2 rings (SSSR count). The number of benzene rings is 1. The first-order chi connectivity index (χ1) is 9.08. The maximum absolute atomic E-state index is 13.0. The minimum atomic E-state index is -0.761. The monoisotopic (exact) mass is 260 g/mol. The molecule has 0 unspecified atom stereocenters. The molecule has 0 spiro atoms. The van der Waals surface area contributed by atoms with Gasteiger partial charge < -0.3 is 0 Å². The van der Waals surface area contributed by atoms with Crippen molar-refractivity contribution < 1.29 is 14.1 Å². The number of ketones is 1. The molecule has 19 heavy (non-hydrogen) atoms. The summed E-state index contributed by atoms with van der Waals surface area (Å²) in [6, 6.07) is 6.21. The van der Waals surface area contributed by atoms with Gasteiger partial charge in [0.05, 0.1) is 16.6 Å². The number of carbonyl (C=O) groups excluding carboxylic acids is 1. The highest BCUT2D eigenvalue weighted by Crippen LogP contribution is 2.21. The number of halogens is 1. The van der Waals surface area contributed by atoms with Gasteiger partial charge >= 0.3 is 0 Å². The molecule has 96 valence electrons. The van der Waals surface area contributed by atoms with Crippen molar-refractivity contribution in [2.24, 2.45) is 0 Å². The summed E-state index contributed by atoms with van der Waals surface area (Å²) in [5.74, 6) is -1.18. The molecule has 1 aromatic heterocycles. The largest absolute Gasteiger partial charge is 0.294 e. The van der Waals surface area contributed by atoms with Crippen LogP contribution in [0.2, 0.25) is 0 Å². The maximum atomic E-state index is 13.0. The van der Waals surface area contributed by atoms with Gasteiger partial charge in [0.2, 0.25) is 0 Å². The first kappa shape index (κ1) is 12.8. The lowest BCUT2D eigenvalue weighted by Crippen LogP contribution is -2.07. The molecule has 2 aromatic rings. The first-order valence-corrected chi connectivity index (χ1v) is 5.44. The smallest absolute Gasteiger partial charge is 0.283 e. The summed E-state index contributed by atoms with van der Waals surface area (Å²) in [5.41, 5.74) is 0.0842. The van der Waals surface area contributed by atoms with E-state index in [1.807, 2.05) is 0 Å². The molecule has 5 nitrogen and oxygen atoms in total. The summed E-state index contributed by atoms with van der Waals surface area (Å²) in [7, 11) is 0. The van der Waals surface area contributed by atoms with Crippen molar-refractivity contribution in [1.29, 1.82) is 0 Å². The zero-order valence-corrected chi connectivity index (χ0v) is 9.75. The fourth-order valence-corrected chi connectivity index (χ4v) is 1.67. The predicted molar refractivity (Wildman–Crippen MR) is 65.3 cm³/mol. The predicted octanol–water partition coefficient (Wildman–Crippen LogP) is 2.55. The van der Waals surface area contributed by atoms with Gasteiger partial charge in [0.15, 0.2) is 5.78 Å². The highest BCUT2D eigenvalue weighted by atomic mass is 19.1. The van der Waals surface area contributed by atoms with Crippen LogP contribution in [0.5, 0.6) is 0 Å². The van der Waals surface area contributed by atoms with Crippen molar-refractivity contribution in [3.05, 3.63) is 69.8 Å². The van der Waals surface area contributed by atoms with E-state index in [0.29, 0.717) is 5.56 Å². The second kappa shape index (κ2) is 5.34. The van der Waals surface area contributed by atoms with Crippen molar-refractivity contribution in [3.63, 3.8) is 0 Å². The molecule has 0 fully saturated rings. The lowest BCUT2D eigenvalue weighted by Gasteiger charge is -2.02. The van der Waals surface area contributed by atoms with E-state index in [0.717, 1.165) is 18.2 Å². The van der Waals surface area contributed by atoms with Crippen LogP contribution in [0.25, 0.3) is 0 Å². The summed E-state index contributed by atoms with van der Waals surface area (Å²) >= 11 is 0. The summed E-state index contributed by atoms with van der Waals surface area (Å²) in [6.07, 6.45) is 3.07. The van der Waals surface area contributed by atoms with Crippen molar-refractivity contribution in [1.82, 2.24) is 4.98 Å². The Morgan fingerprint density at radius 3 is 2.58 bits per heavy atom. The Morgan fingerprint density at radius 1 is 1.26 bits per heavy atom. The number of carbonyl (C=O) groups is 1. The molecule has 0 amide bonds. The summed E-state index contributed by atoms with van der Waals surface area (Å²) < 4.78 is 13.0. The van der Waals surface area contributed by atoms with Gasteiger partial charge in [-0.1, -0.05) is 0 Å². The van der Waals surface area contributed by atoms with E-state index in [4.69, 9.17) is 0 Å². The Kier molecular flexibility index (Phi) is 3.61. The topological polar surface area (TPSA) is 73.1 Å². The summed E-state index contributed by atoms with van der Waals surface area (Å²) in [5, 5.41) is 10.8. The van der Waals surface area contributed by atoms with Crippen molar-refractivity contribution >= 4 is 11.5 Å². The van der Waals surface area contributed by atoms with Crippen molar-refractivity contribution in [3.8, 4) is 0 Å². The molecule has 0 atom stereocenters. The van der Waals surface area contributed by atoms with E-state index >= 15 is 0 Å². The quantitative estimate of drug-likeness (QED) is 0.481. The SMILES string of the molecule is O=C(Cc1ccncc1)c1ccc(F)cc1[N+](=O)[O-]. The van der Waals surface area contributed by atoms with E-state index in [1.54, 1.807) is 12.1 Å². The molecule has 0 bridgehead atoms. The average Bonchev–Trinajstić information content (AvgIpc) is 2.39. The van der Waals surface area contributed by atoms with E-state index in [2.05, 4.69) is 4.98 Å². The average molecular weight is 260 g/mol. The zero-order valence-electron chi connectivity index (χ0n) is 9.75. The highest BCUT2D eigenvalue weighted by Gasteiger charge is 2.20. The maximum Gasteiger partial charge on any atom is 0.283 e. The van der Waals surface area contributed by atoms with Gasteiger partial charge in [-0.3, -0.25) is 19.9 Å². The molecule has 1 aromatic carbocycles. The van der Waals surface area contributed by atoms with Gasteiger partial charge in [-0.05, 0) is 29.8 Å². The lowest BCUT2D eigenvalue weighted by molar-refractivity contribution is -0.385. The number of aromatic nitrogens is 1. The van der Waals surface area contributed by atoms with Crippen molar-refractivity contribution in [2.75, 3.05) is 0 Å². The van der Waals surface area contributed by atoms with Gasteiger partial charge in [-0.2, -0.15) is 0 Å². The second-order valence-corrected chi connectivity index (χ2v) is 3.87. The lowest BCUT2D eigenvalue weighted by atomic mass is 10.0. The molecule has 1 heterocycles. The number of pyridine rings is 1. The fraction of sp³-hybridized carbons (Fsp3) is 0.0769. The first-order valence-electron chi connectivity index (χ1n) is 5.44. The number of nitro benzene ring substituents is 1. The number of nitrogens with zero attached hydrogens (tertiary/aromatic N) is 2. The Morgan fingerprint density at radius 2 is 1.95 bits per heavy atom. The molecule has 0 aliphatic carbocycles. The van der Waals surface area contributed by atoms with Crippen LogP contribution >= 0.6 is 0 Å². The molecule has 0 saturated carbocycles. The number of Topliss-reactive ketones (excluding diaryl/α,β-unsaturated/α-hetero) is 1. The van der Waals surface area contributed by atoms with Crippen LogP contribution in [0.3, 0.4) is 0 Å². The van der Waals surface area contributed by atoms with E-state index in [-0.39, 0.29) is 12.0 Å². The van der Waals surface area contributed by atoms with Crippen LogP contribution in [0, 0.1) is 15.9 Å². The Balaban J connectivity index is 2.31. The van der Waals surface area contributed by atoms with Crippen LogP contribution in [-0.2, 0) is 6.42 Å². The van der Waals surface area contributed by atoms with Gasteiger partial charge in [-0.15, -0.1) is 0 Å². The minimum Gasteiger partial charge on any atom is -0.294 e. The second-order valence-electron chi connectivity index (χ2n) is 3.87. The third kappa shape index (κ3) is 2.98.